The summed E-state index contributed by atoms with van der Waals surface area (Å²) in [6.45, 7) is 4.14. The second-order valence-corrected chi connectivity index (χ2v) is 2.58. The van der Waals surface area contributed by atoms with Crippen LogP contribution in [0.4, 0.5) is 0 Å². The maximum atomic E-state index is 9.44. The number of carboxylic acid groups (broad SMARTS) is 1. The Morgan fingerprint density at radius 3 is 0.875 bits per heavy atom. The molecule has 0 aromatic heterocycles. The van der Waals surface area contributed by atoms with Crippen LogP contribution in [0.15, 0.2) is 36.4 Å². The van der Waals surface area contributed by atoms with Gasteiger partial charge in [0, 0.05) is 6.92 Å². The van der Waals surface area contributed by atoms with Crippen LogP contribution in [0, 0.1) is 0 Å². The van der Waals surface area contributed by atoms with E-state index in [-0.39, 0.29) is 16.7 Å². The summed E-state index contributed by atoms with van der Waals surface area (Å²) < 4.78 is 0. The number of ketones is 1. The van der Waals surface area contributed by atoms with Crippen molar-refractivity contribution in [2.45, 2.75) is 20.8 Å². The monoisotopic (exact) mass is 232 g/mol. The fraction of sp³-hybridized carbons (Fsp3) is 0.273. The summed E-state index contributed by atoms with van der Waals surface area (Å²) in [5.74, 6) is -0.667. The van der Waals surface area contributed by atoms with E-state index in [1.54, 1.807) is 0 Å². The Hall–Kier alpha value is -1.72. The minimum absolute atomic E-state index is 0. The van der Waals surface area contributed by atoms with Gasteiger partial charge in [-0.1, -0.05) is 36.4 Å². The first-order valence-electron chi connectivity index (χ1n) is 4.13. The molecule has 5 N–H and O–H groups in total. The van der Waals surface area contributed by atoms with Crippen LogP contribution in [0.3, 0.4) is 0 Å². The molecule has 0 spiro atoms. The number of aliphatic carboxylic acids is 1. The predicted octanol–water partition coefficient (Wildman–Crippen LogP) is 0.723. The SMILES string of the molecule is CC(=O)O.CC(C)=O.O.O.c1ccccc1. The zero-order valence-corrected chi connectivity index (χ0v) is 9.73. The summed E-state index contributed by atoms with van der Waals surface area (Å²) in [6.07, 6.45) is 0. The molecule has 0 amide bonds. The molecule has 0 aliphatic rings. The smallest absolute Gasteiger partial charge is 0.300 e. The van der Waals surface area contributed by atoms with E-state index in [0.29, 0.717) is 0 Å². The minimum Gasteiger partial charge on any atom is -0.481 e. The second-order valence-electron chi connectivity index (χ2n) is 2.58. The molecule has 0 heterocycles. The molecule has 0 aliphatic carbocycles. The van der Waals surface area contributed by atoms with Crippen LogP contribution in [-0.4, -0.2) is 27.8 Å². The molecule has 1 aromatic carbocycles. The molecule has 0 atom stereocenters. The number of hydrogen-bond donors (Lipinski definition) is 1. The van der Waals surface area contributed by atoms with Gasteiger partial charge in [-0.3, -0.25) is 4.79 Å². The van der Waals surface area contributed by atoms with Gasteiger partial charge in [0.05, 0.1) is 0 Å². The van der Waals surface area contributed by atoms with Gasteiger partial charge >= 0.3 is 0 Å². The molecule has 0 fully saturated rings. The van der Waals surface area contributed by atoms with E-state index in [1.165, 1.54) is 13.8 Å². The number of carbonyl (C=O) groups is 2. The van der Waals surface area contributed by atoms with Crippen LogP contribution in [0.1, 0.15) is 20.8 Å². The van der Waals surface area contributed by atoms with Gasteiger partial charge in [0.15, 0.2) is 0 Å². The lowest BCUT2D eigenvalue weighted by Gasteiger charge is -1.69. The van der Waals surface area contributed by atoms with Crippen molar-refractivity contribution in [2.75, 3.05) is 0 Å². The predicted molar refractivity (Wildman–Crippen MR) is 63.3 cm³/mol. The number of Topliss-reactive ketones (excluding diaryl/α,β-unsaturated/α-hetero) is 1. The standard InChI is InChI=1S/C6H6.C3H6O.C2H4O2.2H2O/c1-2-4-6-5-3-1;1-3(2)4;1-2(3)4;;/h1-6H;1-2H3;1H3,(H,3,4);2*1H2. The van der Waals surface area contributed by atoms with Gasteiger partial charge < -0.3 is 20.9 Å². The van der Waals surface area contributed by atoms with E-state index in [1.807, 2.05) is 36.4 Å². The van der Waals surface area contributed by atoms with E-state index in [9.17, 15) is 4.79 Å². The summed E-state index contributed by atoms with van der Waals surface area (Å²) in [4.78, 5) is 18.4. The van der Waals surface area contributed by atoms with Crippen molar-refractivity contribution in [1.82, 2.24) is 0 Å². The third-order valence-electron chi connectivity index (χ3n) is 0.667. The third kappa shape index (κ3) is 85.3. The molecular weight excluding hydrogens is 212 g/mol. The zero-order valence-electron chi connectivity index (χ0n) is 9.73. The molecule has 0 radical (unpaired) electrons. The van der Waals surface area contributed by atoms with Gasteiger partial charge in [0.2, 0.25) is 0 Å². The van der Waals surface area contributed by atoms with Gasteiger partial charge in [-0.25, -0.2) is 0 Å². The fourth-order valence-corrected chi connectivity index (χ4v) is 0.385. The van der Waals surface area contributed by atoms with Gasteiger partial charge in [0.1, 0.15) is 5.78 Å². The van der Waals surface area contributed by atoms with Gasteiger partial charge in [-0.2, -0.15) is 0 Å². The van der Waals surface area contributed by atoms with E-state index < -0.39 is 5.97 Å². The maximum absolute atomic E-state index is 9.44. The largest absolute Gasteiger partial charge is 0.481 e. The van der Waals surface area contributed by atoms with E-state index in [4.69, 9.17) is 9.90 Å². The zero-order chi connectivity index (χ0) is 11.4. The van der Waals surface area contributed by atoms with Gasteiger partial charge in [-0.05, 0) is 13.8 Å². The summed E-state index contributed by atoms with van der Waals surface area (Å²) in [5, 5.41) is 7.42. The third-order valence-corrected chi connectivity index (χ3v) is 0.667. The van der Waals surface area contributed by atoms with Crippen molar-refractivity contribution in [3.63, 3.8) is 0 Å². The maximum Gasteiger partial charge on any atom is 0.300 e. The lowest BCUT2D eigenvalue weighted by molar-refractivity contribution is -0.134. The molecule has 5 nitrogen and oxygen atoms in total. The number of benzene rings is 1. The lowest BCUT2D eigenvalue weighted by Crippen LogP contribution is -1.78. The quantitative estimate of drug-likeness (QED) is 0.710. The summed E-state index contributed by atoms with van der Waals surface area (Å²) >= 11 is 0. The van der Waals surface area contributed by atoms with E-state index in [0.717, 1.165) is 6.92 Å². The average molecular weight is 232 g/mol. The summed E-state index contributed by atoms with van der Waals surface area (Å²) in [7, 11) is 0. The van der Waals surface area contributed by atoms with Crippen molar-refractivity contribution in [2.24, 2.45) is 0 Å². The Balaban J connectivity index is -0.0000000660. The first-order valence-corrected chi connectivity index (χ1v) is 4.13. The van der Waals surface area contributed by atoms with E-state index in [2.05, 4.69) is 0 Å². The van der Waals surface area contributed by atoms with Gasteiger partial charge in [-0.15, -0.1) is 0 Å². The molecule has 1 rings (SSSR count). The second kappa shape index (κ2) is 18.9. The van der Waals surface area contributed by atoms with Crippen molar-refractivity contribution < 1.29 is 25.6 Å². The molecule has 1 aromatic rings. The van der Waals surface area contributed by atoms with Gasteiger partial charge in [0.25, 0.3) is 5.97 Å². The van der Waals surface area contributed by atoms with Crippen LogP contribution in [0.25, 0.3) is 0 Å². The van der Waals surface area contributed by atoms with Crippen molar-refractivity contribution in [1.29, 1.82) is 0 Å². The summed E-state index contributed by atoms with van der Waals surface area (Å²) in [5.41, 5.74) is 0. The first-order chi connectivity index (χ1) is 6.46. The molecule has 16 heavy (non-hydrogen) atoms. The Morgan fingerprint density at radius 1 is 0.750 bits per heavy atom. The lowest BCUT2D eigenvalue weighted by atomic mass is 10.4. The molecule has 0 aliphatic heterocycles. The average Bonchev–Trinajstić information content (AvgIpc) is 2.05. The van der Waals surface area contributed by atoms with E-state index >= 15 is 0 Å². The molecule has 5 heteroatoms. The number of carboxylic acids is 1. The fourth-order valence-electron chi connectivity index (χ4n) is 0.385. The van der Waals surface area contributed by atoms with Crippen LogP contribution in [0.5, 0.6) is 0 Å². The molecule has 0 saturated heterocycles. The van der Waals surface area contributed by atoms with Crippen LogP contribution in [-0.2, 0) is 9.59 Å². The summed E-state index contributed by atoms with van der Waals surface area (Å²) in [6, 6.07) is 12.0. The Kier molecular flexibility index (Phi) is 28.2. The number of hydrogen-bond acceptors (Lipinski definition) is 2. The normalized spacial score (nSPS) is 6.19. The molecule has 0 saturated carbocycles. The number of rotatable bonds is 0. The molecule has 94 valence electrons. The number of carbonyl (C=O) groups excluding carboxylic acids is 1. The molecule has 0 bridgehead atoms. The Bertz CT molecular complexity index is 199. The molecular formula is C11H20O5. The van der Waals surface area contributed by atoms with Crippen LogP contribution >= 0.6 is 0 Å². The highest BCUT2D eigenvalue weighted by Gasteiger charge is 1.65. The topological polar surface area (TPSA) is 117 Å². The minimum atomic E-state index is -0.833. The Morgan fingerprint density at radius 2 is 0.812 bits per heavy atom. The van der Waals surface area contributed by atoms with Crippen molar-refractivity contribution in [3.05, 3.63) is 36.4 Å². The van der Waals surface area contributed by atoms with Crippen molar-refractivity contribution >= 4 is 11.8 Å². The highest BCUT2D eigenvalue weighted by atomic mass is 16.4. The first kappa shape index (κ1) is 23.8. The van der Waals surface area contributed by atoms with Crippen LogP contribution < -0.4 is 0 Å². The van der Waals surface area contributed by atoms with Crippen LogP contribution in [0.2, 0.25) is 0 Å². The Labute approximate surface area is 95.3 Å². The molecule has 0 unspecified atom stereocenters. The highest BCUT2D eigenvalue weighted by Crippen LogP contribution is 1.79. The highest BCUT2D eigenvalue weighted by molar-refractivity contribution is 5.72. The van der Waals surface area contributed by atoms with Crippen molar-refractivity contribution in [3.8, 4) is 0 Å².